The number of rotatable bonds is 8. The summed E-state index contributed by atoms with van der Waals surface area (Å²) in [4.78, 5) is 2.67. The lowest BCUT2D eigenvalue weighted by Crippen LogP contribution is -2.39. The molecule has 27 heavy (non-hydrogen) atoms. The smallest absolute Gasteiger partial charge is 0.241 e. The van der Waals surface area contributed by atoms with Gasteiger partial charge in [0.05, 0.1) is 17.6 Å². The van der Waals surface area contributed by atoms with Crippen molar-refractivity contribution < 1.29 is 13.2 Å². The lowest BCUT2D eigenvalue weighted by atomic mass is 10.1. The van der Waals surface area contributed by atoms with E-state index in [0.717, 1.165) is 39.1 Å². The third-order valence-electron chi connectivity index (χ3n) is 4.64. The first-order valence-corrected chi connectivity index (χ1v) is 11.5. The lowest BCUT2D eigenvalue weighted by molar-refractivity contribution is -0.0303. The summed E-state index contributed by atoms with van der Waals surface area (Å²) in [6.45, 7) is 3.92. The highest BCUT2D eigenvalue weighted by Crippen LogP contribution is 2.22. The highest BCUT2D eigenvalue weighted by atomic mass is 79.9. The summed E-state index contributed by atoms with van der Waals surface area (Å²) in [5.41, 5.74) is 1.21. The Hall–Kier alpha value is -1.25. The van der Waals surface area contributed by atoms with Gasteiger partial charge in [0.15, 0.2) is 0 Å². The van der Waals surface area contributed by atoms with Crippen molar-refractivity contribution in [2.24, 2.45) is 0 Å². The summed E-state index contributed by atoms with van der Waals surface area (Å²) in [7, 11) is -3.47. The van der Waals surface area contributed by atoms with Crippen molar-refractivity contribution in [1.82, 2.24) is 9.62 Å². The third kappa shape index (κ3) is 5.86. The van der Waals surface area contributed by atoms with E-state index in [4.69, 9.17) is 4.74 Å². The van der Waals surface area contributed by atoms with Crippen molar-refractivity contribution in [3.63, 3.8) is 0 Å². The van der Waals surface area contributed by atoms with Gasteiger partial charge in [0.1, 0.15) is 0 Å². The molecule has 0 amide bonds. The zero-order chi connectivity index (χ0) is 19.1. The fraction of sp³-hybridized carbons (Fsp3) is 0.400. The largest absolute Gasteiger partial charge is 0.371 e. The van der Waals surface area contributed by atoms with E-state index in [2.05, 4.69) is 37.7 Å². The molecule has 7 heteroatoms. The molecule has 0 aliphatic carbocycles. The summed E-state index contributed by atoms with van der Waals surface area (Å²) in [5, 5.41) is 0. The van der Waals surface area contributed by atoms with Crippen LogP contribution >= 0.6 is 15.9 Å². The van der Waals surface area contributed by atoms with Gasteiger partial charge < -0.3 is 4.74 Å². The number of hydrogen-bond donors (Lipinski definition) is 1. The maximum absolute atomic E-state index is 12.3. The van der Waals surface area contributed by atoms with Crippen LogP contribution in [0.3, 0.4) is 0 Å². The SMILES string of the molecule is O=S(=O)(NCCCCN1CCOC(c2ccccc2)C1)c1ccccc1Br. The molecule has 1 atom stereocenters. The van der Waals surface area contributed by atoms with Crippen LogP contribution in [0.2, 0.25) is 0 Å². The monoisotopic (exact) mass is 452 g/mol. The molecule has 1 aliphatic rings. The zero-order valence-electron chi connectivity index (χ0n) is 15.2. The highest BCUT2D eigenvalue weighted by molar-refractivity contribution is 9.10. The summed E-state index contributed by atoms with van der Waals surface area (Å²) in [5.74, 6) is 0. The molecule has 5 nitrogen and oxygen atoms in total. The van der Waals surface area contributed by atoms with E-state index in [1.54, 1.807) is 24.3 Å². The van der Waals surface area contributed by atoms with Gasteiger partial charge in [-0.25, -0.2) is 13.1 Å². The molecule has 1 N–H and O–H groups in total. The second kappa shape index (κ2) is 9.80. The second-order valence-corrected chi connectivity index (χ2v) is 9.20. The Morgan fingerprint density at radius 1 is 1.07 bits per heavy atom. The molecule has 1 aliphatic heterocycles. The Morgan fingerprint density at radius 2 is 1.81 bits per heavy atom. The number of morpholine rings is 1. The number of nitrogens with one attached hydrogen (secondary N) is 1. The Kier molecular flexibility index (Phi) is 7.43. The predicted molar refractivity (Wildman–Crippen MR) is 110 cm³/mol. The molecule has 0 radical (unpaired) electrons. The number of halogens is 1. The van der Waals surface area contributed by atoms with E-state index < -0.39 is 10.0 Å². The molecule has 2 aromatic rings. The van der Waals surface area contributed by atoms with Crippen LogP contribution < -0.4 is 4.72 Å². The highest BCUT2D eigenvalue weighted by Gasteiger charge is 2.21. The Balaban J connectivity index is 1.41. The molecular formula is C20H25BrN2O3S. The summed E-state index contributed by atoms with van der Waals surface area (Å²) < 4.78 is 33.9. The minimum Gasteiger partial charge on any atom is -0.371 e. The van der Waals surface area contributed by atoms with Crippen molar-refractivity contribution in [3.05, 3.63) is 64.6 Å². The van der Waals surface area contributed by atoms with E-state index in [1.165, 1.54) is 5.56 Å². The Morgan fingerprint density at radius 3 is 2.59 bits per heavy atom. The normalized spacial score (nSPS) is 18.5. The first-order valence-electron chi connectivity index (χ1n) is 9.19. The van der Waals surface area contributed by atoms with Crippen LogP contribution in [-0.2, 0) is 14.8 Å². The minimum absolute atomic E-state index is 0.119. The minimum atomic E-state index is -3.47. The topological polar surface area (TPSA) is 58.6 Å². The maximum Gasteiger partial charge on any atom is 0.241 e. The van der Waals surface area contributed by atoms with Crippen LogP contribution in [0.15, 0.2) is 64.0 Å². The molecule has 0 saturated carbocycles. The standard InChI is InChI=1S/C20H25BrN2O3S/c21-18-10-4-5-11-20(18)27(24,25)22-12-6-7-13-23-14-15-26-19(16-23)17-8-2-1-3-9-17/h1-5,8-11,19,22H,6-7,12-16H2. The Bertz CT molecular complexity index is 830. The van der Waals surface area contributed by atoms with Crippen LogP contribution in [0.4, 0.5) is 0 Å². The van der Waals surface area contributed by atoms with Crippen LogP contribution in [0, 0.1) is 0 Å². The second-order valence-electron chi connectivity index (χ2n) is 6.61. The quantitative estimate of drug-likeness (QED) is 0.621. The van der Waals surface area contributed by atoms with Crippen molar-refractivity contribution in [2.75, 3.05) is 32.8 Å². The molecule has 0 spiro atoms. The first-order chi connectivity index (χ1) is 13.1. The fourth-order valence-electron chi connectivity index (χ4n) is 3.18. The molecule has 1 saturated heterocycles. The van der Waals surface area contributed by atoms with E-state index in [-0.39, 0.29) is 11.0 Å². The molecule has 3 rings (SSSR count). The molecule has 1 heterocycles. The van der Waals surface area contributed by atoms with E-state index in [0.29, 0.717) is 11.0 Å². The molecular weight excluding hydrogens is 428 g/mol. The van der Waals surface area contributed by atoms with Gasteiger partial charge >= 0.3 is 0 Å². The van der Waals surface area contributed by atoms with Crippen molar-refractivity contribution >= 4 is 26.0 Å². The zero-order valence-corrected chi connectivity index (χ0v) is 17.6. The molecule has 0 aromatic heterocycles. The van der Waals surface area contributed by atoms with Gasteiger partial charge in [0, 0.05) is 24.1 Å². The van der Waals surface area contributed by atoms with Crippen LogP contribution in [0.5, 0.6) is 0 Å². The third-order valence-corrected chi connectivity index (χ3v) is 7.11. The van der Waals surface area contributed by atoms with Crippen molar-refractivity contribution in [2.45, 2.75) is 23.8 Å². The van der Waals surface area contributed by atoms with Gasteiger partial charge in [-0.15, -0.1) is 0 Å². The van der Waals surface area contributed by atoms with Gasteiger partial charge in [-0.2, -0.15) is 0 Å². The van der Waals surface area contributed by atoms with Crippen molar-refractivity contribution in [1.29, 1.82) is 0 Å². The lowest BCUT2D eigenvalue weighted by Gasteiger charge is -2.33. The number of nitrogens with zero attached hydrogens (tertiary/aromatic N) is 1. The molecule has 146 valence electrons. The van der Waals surface area contributed by atoms with Gasteiger partial charge in [0.25, 0.3) is 0 Å². The van der Waals surface area contributed by atoms with Crippen molar-refractivity contribution in [3.8, 4) is 0 Å². The summed E-state index contributed by atoms with van der Waals surface area (Å²) in [6.07, 6.45) is 1.87. The molecule has 1 unspecified atom stereocenters. The molecule has 2 aromatic carbocycles. The number of ether oxygens (including phenoxy) is 1. The Labute approximate surface area is 169 Å². The van der Waals surface area contributed by atoms with Crippen LogP contribution in [0.1, 0.15) is 24.5 Å². The van der Waals surface area contributed by atoms with Gasteiger partial charge in [-0.3, -0.25) is 4.90 Å². The van der Waals surface area contributed by atoms with E-state index in [9.17, 15) is 8.42 Å². The molecule has 0 bridgehead atoms. The van der Waals surface area contributed by atoms with Gasteiger partial charge in [0.2, 0.25) is 10.0 Å². The number of hydrogen-bond acceptors (Lipinski definition) is 4. The number of sulfonamides is 1. The van der Waals surface area contributed by atoms with Crippen LogP contribution in [-0.4, -0.2) is 46.1 Å². The molecule has 1 fully saturated rings. The average molecular weight is 453 g/mol. The average Bonchev–Trinajstić information content (AvgIpc) is 2.69. The van der Waals surface area contributed by atoms with E-state index >= 15 is 0 Å². The first kappa shape index (κ1) is 20.5. The number of benzene rings is 2. The van der Waals surface area contributed by atoms with Gasteiger partial charge in [-0.1, -0.05) is 42.5 Å². The fourth-order valence-corrected chi connectivity index (χ4v) is 5.26. The van der Waals surface area contributed by atoms with Gasteiger partial charge in [-0.05, 0) is 53.0 Å². The maximum atomic E-state index is 12.3. The predicted octanol–water partition coefficient (Wildman–Crippen LogP) is 3.58. The van der Waals surface area contributed by atoms with E-state index in [1.807, 2.05) is 18.2 Å². The number of unbranched alkanes of at least 4 members (excludes halogenated alkanes) is 1. The summed E-state index contributed by atoms with van der Waals surface area (Å²) >= 11 is 3.29. The summed E-state index contributed by atoms with van der Waals surface area (Å²) in [6, 6.07) is 17.1. The van der Waals surface area contributed by atoms with Crippen LogP contribution in [0.25, 0.3) is 0 Å².